The number of halogens is 2. The van der Waals surface area contributed by atoms with Crippen molar-refractivity contribution in [1.29, 1.82) is 0 Å². The zero-order chi connectivity index (χ0) is 19.2. The highest BCUT2D eigenvalue weighted by molar-refractivity contribution is 5.78. The summed E-state index contributed by atoms with van der Waals surface area (Å²) in [6.45, 7) is 9.42. The third kappa shape index (κ3) is 5.72. The van der Waals surface area contributed by atoms with Crippen LogP contribution in [-0.2, 0) is 11.2 Å². The van der Waals surface area contributed by atoms with Gasteiger partial charge in [0.25, 0.3) is 0 Å². The third-order valence-corrected chi connectivity index (χ3v) is 5.97. The van der Waals surface area contributed by atoms with E-state index < -0.39 is 11.6 Å². The molecule has 150 valence electrons. The van der Waals surface area contributed by atoms with E-state index in [2.05, 4.69) is 16.7 Å². The molecule has 2 aliphatic rings. The molecule has 2 fully saturated rings. The van der Waals surface area contributed by atoms with Crippen molar-refractivity contribution in [3.8, 4) is 0 Å². The summed E-state index contributed by atoms with van der Waals surface area (Å²) in [5, 5.41) is 0. The monoisotopic (exact) mass is 379 g/mol. The number of amides is 1. The lowest BCUT2D eigenvalue weighted by molar-refractivity contribution is -0.134. The van der Waals surface area contributed by atoms with Crippen LogP contribution in [-0.4, -0.2) is 73.0 Å². The minimum absolute atomic E-state index is 0.234. The van der Waals surface area contributed by atoms with Crippen molar-refractivity contribution in [3.63, 3.8) is 0 Å². The number of carbonyl (C=O) groups is 1. The highest BCUT2D eigenvalue weighted by Crippen LogP contribution is 2.22. The fourth-order valence-corrected chi connectivity index (χ4v) is 4.15. The highest BCUT2D eigenvalue weighted by atomic mass is 19.2. The summed E-state index contributed by atoms with van der Waals surface area (Å²) in [4.78, 5) is 19.4. The van der Waals surface area contributed by atoms with Gasteiger partial charge in [-0.1, -0.05) is 13.0 Å². The third-order valence-electron chi connectivity index (χ3n) is 5.97. The molecular weight excluding hydrogens is 348 g/mol. The first-order valence-electron chi connectivity index (χ1n) is 10.2. The Bertz CT molecular complexity index is 632. The van der Waals surface area contributed by atoms with Crippen LogP contribution in [0.25, 0.3) is 0 Å². The molecule has 4 nitrogen and oxygen atoms in total. The van der Waals surface area contributed by atoms with Crippen molar-refractivity contribution in [2.24, 2.45) is 5.92 Å². The average molecular weight is 379 g/mol. The van der Waals surface area contributed by atoms with Crippen LogP contribution in [0.5, 0.6) is 0 Å². The highest BCUT2D eigenvalue weighted by Gasteiger charge is 2.26. The summed E-state index contributed by atoms with van der Waals surface area (Å²) in [7, 11) is 0. The van der Waals surface area contributed by atoms with Crippen LogP contribution in [0, 0.1) is 17.6 Å². The molecule has 0 spiro atoms. The lowest BCUT2D eigenvalue weighted by Crippen LogP contribution is -2.51. The molecule has 1 atom stereocenters. The Morgan fingerprint density at radius 3 is 2.52 bits per heavy atom. The second kappa shape index (κ2) is 9.60. The molecule has 1 aromatic rings. The normalized spacial score (nSPS) is 22.2. The van der Waals surface area contributed by atoms with Gasteiger partial charge in [-0.15, -0.1) is 0 Å². The number of nitrogens with zero attached hydrogens (tertiary/aromatic N) is 3. The zero-order valence-corrected chi connectivity index (χ0v) is 16.3. The summed E-state index contributed by atoms with van der Waals surface area (Å²) >= 11 is 0. The zero-order valence-electron chi connectivity index (χ0n) is 16.3. The van der Waals surface area contributed by atoms with E-state index in [1.807, 2.05) is 4.90 Å². The van der Waals surface area contributed by atoms with E-state index >= 15 is 0 Å². The van der Waals surface area contributed by atoms with Gasteiger partial charge in [-0.3, -0.25) is 9.69 Å². The fourth-order valence-electron chi connectivity index (χ4n) is 4.15. The van der Waals surface area contributed by atoms with Gasteiger partial charge < -0.3 is 9.80 Å². The number of likely N-dealkylation sites (N-methyl/N-ethyl adjacent to an activating group) is 1. The topological polar surface area (TPSA) is 26.8 Å². The molecule has 0 aromatic heterocycles. The smallest absolute Gasteiger partial charge is 0.236 e. The van der Waals surface area contributed by atoms with Gasteiger partial charge >= 0.3 is 0 Å². The first-order valence-corrected chi connectivity index (χ1v) is 10.2. The van der Waals surface area contributed by atoms with Crippen LogP contribution in [0.4, 0.5) is 8.78 Å². The molecule has 1 amide bonds. The first kappa shape index (κ1) is 20.2. The molecule has 0 unspecified atom stereocenters. The number of hydrogen-bond acceptors (Lipinski definition) is 3. The quantitative estimate of drug-likeness (QED) is 0.761. The molecule has 0 bridgehead atoms. The number of hydrogen-bond donors (Lipinski definition) is 0. The molecule has 2 heterocycles. The number of aryl methyl sites for hydroxylation is 1. The molecule has 0 saturated carbocycles. The minimum atomic E-state index is -0.798. The first-order chi connectivity index (χ1) is 13.0. The molecule has 1 aromatic carbocycles. The SMILES string of the molecule is CCN1CCN(CC(=O)N2CCC[C@H](CCc3ccc(F)c(F)c3)C2)CC1. The van der Waals surface area contributed by atoms with E-state index in [1.54, 1.807) is 6.07 Å². The van der Waals surface area contributed by atoms with Crippen LogP contribution in [0.3, 0.4) is 0 Å². The molecule has 6 heteroatoms. The molecule has 0 aliphatic carbocycles. The lowest BCUT2D eigenvalue weighted by atomic mass is 9.91. The summed E-state index contributed by atoms with van der Waals surface area (Å²) < 4.78 is 26.4. The van der Waals surface area contributed by atoms with Gasteiger partial charge in [0.1, 0.15) is 0 Å². The van der Waals surface area contributed by atoms with Crippen molar-refractivity contribution in [2.45, 2.75) is 32.6 Å². The van der Waals surface area contributed by atoms with Crippen LogP contribution >= 0.6 is 0 Å². The number of rotatable bonds is 6. The van der Waals surface area contributed by atoms with Crippen molar-refractivity contribution in [3.05, 3.63) is 35.4 Å². The predicted octanol–water partition coefficient (Wildman–Crippen LogP) is 2.77. The maximum absolute atomic E-state index is 13.3. The molecule has 3 rings (SSSR count). The van der Waals surface area contributed by atoms with Gasteiger partial charge in [-0.05, 0) is 55.8 Å². The van der Waals surface area contributed by atoms with E-state index in [9.17, 15) is 13.6 Å². The number of benzene rings is 1. The molecule has 0 radical (unpaired) electrons. The molecular formula is C21H31F2N3O. The Balaban J connectivity index is 1.44. The minimum Gasteiger partial charge on any atom is -0.341 e. The van der Waals surface area contributed by atoms with E-state index in [4.69, 9.17) is 0 Å². The Labute approximate surface area is 161 Å². The van der Waals surface area contributed by atoms with Crippen LogP contribution in [0.2, 0.25) is 0 Å². The summed E-state index contributed by atoms with van der Waals surface area (Å²) in [5.74, 6) is -0.908. The number of carbonyl (C=O) groups excluding carboxylic acids is 1. The van der Waals surface area contributed by atoms with Crippen molar-refractivity contribution >= 4 is 5.91 Å². The Hall–Kier alpha value is -1.53. The van der Waals surface area contributed by atoms with Crippen molar-refractivity contribution in [1.82, 2.24) is 14.7 Å². The standard InChI is InChI=1S/C21H31F2N3O/c1-2-24-10-12-25(13-11-24)16-21(27)26-9-3-4-18(15-26)6-5-17-7-8-19(22)20(23)14-17/h7-8,14,18H,2-6,9-13,15-16H2,1H3/t18-/m1/s1. The van der Waals surface area contributed by atoms with Gasteiger partial charge in [0.2, 0.25) is 5.91 Å². The molecule has 2 aliphatic heterocycles. The maximum Gasteiger partial charge on any atom is 0.236 e. The van der Waals surface area contributed by atoms with Crippen LogP contribution < -0.4 is 0 Å². The van der Waals surface area contributed by atoms with Crippen LogP contribution in [0.1, 0.15) is 31.7 Å². The van der Waals surface area contributed by atoms with Crippen molar-refractivity contribution < 1.29 is 13.6 Å². The molecule has 2 saturated heterocycles. The average Bonchev–Trinajstić information content (AvgIpc) is 2.69. The fraction of sp³-hybridized carbons (Fsp3) is 0.667. The number of piperidine rings is 1. The summed E-state index contributed by atoms with van der Waals surface area (Å²) in [6, 6.07) is 4.14. The van der Waals surface area contributed by atoms with E-state index in [-0.39, 0.29) is 5.91 Å². The van der Waals surface area contributed by atoms with Gasteiger partial charge in [0.05, 0.1) is 6.54 Å². The van der Waals surface area contributed by atoms with Gasteiger partial charge in [-0.2, -0.15) is 0 Å². The largest absolute Gasteiger partial charge is 0.341 e. The van der Waals surface area contributed by atoms with Gasteiger partial charge in [0, 0.05) is 39.3 Å². The van der Waals surface area contributed by atoms with E-state index in [0.29, 0.717) is 12.5 Å². The Morgan fingerprint density at radius 1 is 1.07 bits per heavy atom. The maximum atomic E-state index is 13.3. The van der Waals surface area contributed by atoms with Crippen molar-refractivity contribution in [2.75, 3.05) is 52.4 Å². The lowest BCUT2D eigenvalue weighted by Gasteiger charge is -2.37. The molecule has 0 N–H and O–H groups in total. The Kier molecular flexibility index (Phi) is 7.19. The van der Waals surface area contributed by atoms with E-state index in [1.165, 1.54) is 12.1 Å². The van der Waals surface area contributed by atoms with Gasteiger partial charge in [0.15, 0.2) is 11.6 Å². The number of likely N-dealkylation sites (tertiary alicyclic amines) is 1. The molecule has 27 heavy (non-hydrogen) atoms. The number of piperazine rings is 1. The van der Waals surface area contributed by atoms with E-state index in [0.717, 1.165) is 77.1 Å². The summed E-state index contributed by atoms with van der Waals surface area (Å²) in [5.41, 5.74) is 0.825. The van der Waals surface area contributed by atoms with Crippen LogP contribution in [0.15, 0.2) is 18.2 Å². The second-order valence-electron chi connectivity index (χ2n) is 7.85. The predicted molar refractivity (Wildman–Crippen MR) is 103 cm³/mol. The van der Waals surface area contributed by atoms with Gasteiger partial charge in [-0.25, -0.2) is 8.78 Å². The second-order valence-corrected chi connectivity index (χ2v) is 7.85. The Morgan fingerprint density at radius 2 is 1.81 bits per heavy atom. The summed E-state index contributed by atoms with van der Waals surface area (Å²) in [6.07, 6.45) is 3.76.